The molecule has 0 aliphatic carbocycles. The van der Waals surface area contributed by atoms with Crippen LogP contribution in [0.2, 0.25) is 0 Å². The molecule has 0 amide bonds. The monoisotopic (exact) mass is 353 g/mol. The third-order valence-electron chi connectivity index (χ3n) is 3.86. The van der Waals surface area contributed by atoms with Gasteiger partial charge in [0.15, 0.2) is 0 Å². The van der Waals surface area contributed by atoms with Crippen LogP contribution in [0, 0.1) is 0 Å². The number of benzene rings is 3. The van der Waals surface area contributed by atoms with Crippen LogP contribution in [0.5, 0.6) is 5.75 Å². The molecule has 0 aliphatic heterocycles. The van der Waals surface area contributed by atoms with E-state index in [1.54, 1.807) is 61.7 Å². The molecule has 3 aromatic carbocycles. The summed E-state index contributed by atoms with van der Waals surface area (Å²) in [5.74, 6) is 0.681. The van der Waals surface area contributed by atoms with Crippen LogP contribution in [-0.4, -0.2) is 15.5 Å². The summed E-state index contributed by atoms with van der Waals surface area (Å²) in [5, 5.41) is 0. The quantitative estimate of drug-likeness (QED) is 0.670. The molecule has 0 N–H and O–H groups in total. The van der Waals surface area contributed by atoms with E-state index in [9.17, 15) is 8.42 Å². The largest absolute Gasteiger partial charge is 0.497 e. The van der Waals surface area contributed by atoms with E-state index in [4.69, 9.17) is 4.74 Å². The average molecular weight is 353 g/mol. The van der Waals surface area contributed by atoms with Gasteiger partial charge >= 0.3 is 0 Å². The molecule has 0 unspecified atom stereocenters. The maximum atomic E-state index is 13.2. The number of methoxy groups -OCH3 is 1. The van der Waals surface area contributed by atoms with E-state index in [0.29, 0.717) is 11.4 Å². The van der Waals surface area contributed by atoms with Crippen LogP contribution < -0.4 is 9.04 Å². The van der Waals surface area contributed by atoms with Crippen molar-refractivity contribution in [1.29, 1.82) is 0 Å². The normalized spacial score (nSPS) is 11.1. The predicted octanol–water partition coefficient (Wildman–Crippen LogP) is 4.09. The first-order chi connectivity index (χ1) is 12.1. The molecule has 0 aromatic heterocycles. The van der Waals surface area contributed by atoms with Gasteiger partial charge in [-0.3, -0.25) is 4.31 Å². The highest BCUT2D eigenvalue weighted by molar-refractivity contribution is 7.92. The van der Waals surface area contributed by atoms with Gasteiger partial charge in [-0.05, 0) is 42.0 Å². The van der Waals surface area contributed by atoms with Crippen molar-refractivity contribution in [2.75, 3.05) is 11.4 Å². The van der Waals surface area contributed by atoms with Gasteiger partial charge in [0.1, 0.15) is 5.75 Å². The third kappa shape index (κ3) is 3.83. The second kappa shape index (κ2) is 7.40. The molecule has 3 aromatic rings. The molecule has 0 aliphatic rings. The Labute approximate surface area is 148 Å². The first-order valence-corrected chi connectivity index (χ1v) is 9.31. The van der Waals surface area contributed by atoms with Crippen molar-refractivity contribution in [2.45, 2.75) is 11.4 Å². The molecule has 3 rings (SSSR count). The van der Waals surface area contributed by atoms with E-state index in [1.165, 1.54) is 4.31 Å². The Morgan fingerprint density at radius 1 is 0.800 bits per heavy atom. The molecule has 25 heavy (non-hydrogen) atoms. The third-order valence-corrected chi connectivity index (χ3v) is 5.65. The van der Waals surface area contributed by atoms with Crippen molar-refractivity contribution in [3.05, 3.63) is 90.5 Å². The minimum absolute atomic E-state index is 0.254. The molecular weight excluding hydrogens is 334 g/mol. The van der Waals surface area contributed by atoms with Crippen molar-refractivity contribution in [3.8, 4) is 5.75 Å². The molecule has 128 valence electrons. The Morgan fingerprint density at radius 3 is 1.92 bits per heavy atom. The zero-order valence-electron chi connectivity index (χ0n) is 13.9. The molecule has 5 heteroatoms. The summed E-state index contributed by atoms with van der Waals surface area (Å²) in [6.45, 7) is 0.254. The van der Waals surface area contributed by atoms with Crippen LogP contribution in [0.4, 0.5) is 5.69 Å². The number of ether oxygens (including phenoxy) is 1. The van der Waals surface area contributed by atoms with Crippen molar-refractivity contribution in [1.82, 2.24) is 0 Å². The summed E-state index contributed by atoms with van der Waals surface area (Å²) in [4.78, 5) is 0.266. The summed E-state index contributed by atoms with van der Waals surface area (Å²) in [7, 11) is -2.10. The summed E-state index contributed by atoms with van der Waals surface area (Å²) in [6.07, 6.45) is 0. The van der Waals surface area contributed by atoms with Crippen molar-refractivity contribution >= 4 is 15.7 Å². The topological polar surface area (TPSA) is 46.6 Å². The molecule has 0 saturated carbocycles. The Hall–Kier alpha value is -2.79. The zero-order chi connectivity index (χ0) is 17.7. The molecule has 0 spiro atoms. The van der Waals surface area contributed by atoms with Crippen LogP contribution >= 0.6 is 0 Å². The average Bonchev–Trinajstić information content (AvgIpc) is 2.67. The Bertz CT molecular complexity index is 908. The first-order valence-electron chi connectivity index (χ1n) is 7.87. The smallest absolute Gasteiger partial charge is 0.264 e. The Morgan fingerprint density at radius 2 is 1.36 bits per heavy atom. The lowest BCUT2D eigenvalue weighted by Crippen LogP contribution is -2.30. The standard InChI is InChI=1S/C20H19NO3S/c1-24-19-14-12-18(13-15-19)21(16-17-8-4-2-5-9-17)25(22,23)20-10-6-3-7-11-20/h2-15H,16H2,1H3. The van der Waals surface area contributed by atoms with Crippen molar-refractivity contribution in [2.24, 2.45) is 0 Å². The molecule has 0 heterocycles. The molecule has 0 saturated heterocycles. The highest BCUT2D eigenvalue weighted by Crippen LogP contribution is 2.27. The van der Waals surface area contributed by atoms with Crippen molar-refractivity contribution in [3.63, 3.8) is 0 Å². The lowest BCUT2D eigenvalue weighted by atomic mass is 10.2. The number of anilines is 1. The number of sulfonamides is 1. The fourth-order valence-corrected chi connectivity index (χ4v) is 4.01. The maximum Gasteiger partial charge on any atom is 0.264 e. The molecule has 0 radical (unpaired) electrons. The van der Waals surface area contributed by atoms with Gasteiger partial charge < -0.3 is 4.74 Å². The van der Waals surface area contributed by atoms with Gasteiger partial charge in [-0.2, -0.15) is 0 Å². The van der Waals surface area contributed by atoms with Gasteiger partial charge in [0.25, 0.3) is 10.0 Å². The molecule has 0 fully saturated rings. The van der Waals surface area contributed by atoms with Crippen molar-refractivity contribution < 1.29 is 13.2 Å². The van der Waals surface area contributed by atoms with E-state index in [-0.39, 0.29) is 11.4 Å². The fourth-order valence-electron chi connectivity index (χ4n) is 2.53. The summed E-state index contributed by atoms with van der Waals surface area (Å²) < 4.78 is 33.0. The summed E-state index contributed by atoms with van der Waals surface area (Å²) >= 11 is 0. The van der Waals surface area contributed by atoms with Gasteiger partial charge in [-0.15, -0.1) is 0 Å². The van der Waals surface area contributed by atoms with Crippen LogP contribution in [0.25, 0.3) is 0 Å². The van der Waals surface area contributed by atoms with Gasteiger partial charge in [-0.25, -0.2) is 8.42 Å². The van der Waals surface area contributed by atoms with E-state index < -0.39 is 10.0 Å². The van der Waals surface area contributed by atoms with Crippen LogP contribution in [0.1, 0.15) is 5.56 Å². The first kappa shape index (κ1) is 17.0. The molecule has 4 nitrogen and oxygen atoms in total. The number of rotatable bonds is 6. The number of hydrogen-bond donors (Lipinski definition) is 0. The molecule has 0 atom stereocenters. The summed E-state index contributed by atoms with van der Waals surface area (Å²) in [5.41, 5.74) is 1.51. The highest BCUT2D eigenvalue weighted by Gasteiger charge is 2.25. The molecular formula is C20H19NO3S. The minimum atomic E-state index is -3.68. The Balaban J connectivity index is 2.05. The second-order valence-corrected chi connectivity index (χ2v) is 7.37. The SMILES string of the molecule is COc1ccc(N(Cc2ccccc2)S(=O)(=O)c2ccccc2)cc1. The van der Waals surface area contributed by atoms with E-state index in [2.05, 4.69) is 0 Å². The van der Waals surface area contributed by atoms with Gasteiger partial charge in [0, 0.05) is 0 Å². The van der Waals surface area contributed by atoms with Crippen LogP contribution in [0.3, 0.4) is 0 Å². The minimum Gasteiger partial charge on any atom is -0.497 e. The lowest BCUT2D eigenvalue weighted by Gasteiger charge is -2.25. The second-order valence-electron chi connectivity index (χ2n) is 5.51. The van der Waals surface area contributed by atoms with Gasteiger partial charge in [0.2, 0.25) is 0 Å². The fraction of sp³-hybridized carbons (Fsp3) is 0.100. The Kier molecular flexibility index (Phi) is 5.05. The van der Waals surface area contributed by atoms with Gasteiger partial charge in [-0.1, -0.05) is 48.5 Å². The lowest BCUT2D eigenvalue weighted by molar-refractivity contribution is 0.415. The predicted molar refractivity (Wildman–Crippen MR) is 99.2 cm³/mol. The zero-order valence-corrected chi connectivity index (χ0v) is 14.7. The highest BCUT2D eigenvalue weighted by atomic mass is 32.2. The van der Waals surface area contributed by atoms with E-state index >= 15 is 0 Å². The summed E-state index contributed by atoms with van der Waals surface area (Å²) in [6, 6.07) is 25.0. The van der Waals surface area contributed by atoms with Crippen LogP contribution in [-0.2, 0) is 16.6 Å². The van der Waals surface area contributed by atoms with Gasteiger partial charge in [0.05, 0.1) is 24.2 Å². The number of hydrogen-bond acceptors (Lipinski definition) is 3. The van der Waals surface area contributed by atoms with E-state index in [1.807, 2.05) is 30.3 Å². The molecule has 0 bridgehead atoms. The maximum absolute atomic E-state index is 13.2. The van der Waals surface area contributed by atoms with Crippen LogP contribution in [0.15, 0.2) is 89.8 Å². The van der Waals surface area contributed by atoms with E-state index in [0.717, 1.165) is 5.56 Å². The number of nitrogens with zero attached hydrogens (tertiary/aromatic N) is 1.